The molecule has 178 valence electrons. The maximum atomic E-state index is 13.5. The van der Waals surface area contributed by atoms with E-state index in [1.165, 1.54) is 0 Å². The second-order valence-corrected chi connectivity index (χ2v) is 9.44. The molecule has 7 heteroatoms. The zero-order valence-corrected chi connectivity index (χ0v) is 20.3. The number of halogens is 1. The summed E-state index contributed by atoms with van der Waals surface area (Å²) in [5.74, 6) is 0.332. The molecule has 2 atom stereocenters. The molecule has 1 aliphatic heterocycles. The molecule has 35 heavy (non-hydrogen) atoms. The summed E-state index contributed by atoms with van der Waals surface area (Å²) < 4.78 is 1.90. The summed E-state index contributed by atoms with van der Waals surface area (Å²) in [6, 6.07) is 20.7. The van der Waals surface area contributed by atoms with Gasteiger partial charge in [0.05, 0.1) is 5.92 Å². The molecule has 5 rings (SSSR count). The zero-order valence-electron chi connectivity index (χ0n) is 19.5. The smallest absolute Gasteiger partial charge is 0.254 e. The van der Waals surface area contributed by atoms with E-state index >= 15 is 0 Å². The number of amides is 2. The summed E-state index contributed by atoms with van der Waals surface area (Å²) in [5.41, 5.74) is 1.58. The summed E-state index contributed by atoms with van der Waals surface area (Å²) >= 11 is 6.09. The van der Waals surface area contributed by atoms with Crippen molar-refractivity contribution >= 4 is 34.2 Å². The second-order valence-electron chi connectivity index (χ2n) is 9.01. The SMILES string of the molecule is Cn1ccnc1[C@@H](NC(=O)[C@H]1CCCN(C(=O)c2cccc3ccccc23)C1)c1ccc(Cl)cc1. The van der Waals surface area contributed by atoms with Crippen molar-refractivity contribution in [3.63, 3.8) is 0 Å². The Bertz CT molecular complexity index is 1360. The van der Waals surface area contributed by atoms with Gasteiger partial charge < -0.3 is 14.8 Å². The number of nitrogens with one attached hydrogen (secondary N) is 1. The lowest BCUT2D eigenvalue weighted by Crippen LogP contribution is -2.46. The molecular formula is C28H27ClN4O2. The van der Waals surface area contributed by atoms with Gasteiger partial charge in [0.15, 0.2) is 0 Å². The molecule has 4 aromatic rings. The topological polar surface area (TPSA) is 67.2 Å². The largest absolute Gasteiger partial charge is 0.342 e. The van der Waals surface area contributed by atoms with Gasteiger partial charge in [-0.1, -0.05) is 60.1 Å². The van der Waals surface area contributed by atoms with Crippen LogP contribution in [-0.4, -0.2) is 39.4 Å². The first-order chi connectivity index (χ1) is 17.0. The van der Waals surface area contributed by atoms with Crippen molar-refractivity contribution < 1.29 is 9.59 Å². The molecule has 0 aliphatic carbocycles. The third-order valence-corrected chi connectivity index (χ3v) is 6.96. The molecule has 0 spiro atoms. The number of hydrogen-bond acceptors (Lipinski definition) is 3. The fourth-order valence-electron chi connectivity index (χ4n) is 4.83. The van der Waals surface area contributed by atoms with Gasteiger partial charge in [0.25, 0.3) is 5.91 Å². The Balaban J connectivity index is 1.35. The van der Waals surface area contributed by atoms with Crippen LogP contribution < -0.4 is 5.32 Å². The maximum absolute atomic E-state index is 13.5. The second kappa shape index (κ2) is 9.92. The number of nitrogens with zero attached hydrogens (tertiary/aromatic N) is 3. The number of aryl methyl sites for hydroxylation is 1. The number of fused-ring (bicyclic) bond motifs is 1. The number of carbonyl (C=O) groups excluding carboxylic acids is 2. The van der Waals surface area contributed by atoms with Gasteiger partial charge in [-0.15, -0.1) is 0 Å². The Morgan fingerprint density at radius 2 is 1.83 bits per heavy atom. The summed E-state index contributed by atoms with van der Waals surface area (Å²) in [7, 11) is 1.91. The first-order valence-electron chi connectivity index (χ1n) is 11.8. The summed E-state index contributed by atoms with van der Waals surface area (Å²) in [6.07, 6.45) is 5.09. The highest BCUT2D eigenvalue weighted by Gasteiger charge is 2.31. The van der Waals surface area contributed by atoms with Crippen molar-refractivity contribution in [2.75, 3.05) is 13.1 Å². The molecule has 2 amide bonds. The summed E-state index contributed by atoms with van der Waals surface area (Å²) in [5, 5.41) is 5.79. The van der Waals surface area contributed by atoms with Crippen molar-refractivity contribution in [3.05, 3.63) is 101 Å². The first-order valence-corrected chi connectivity index (χ1v) is 12.2. The van der Waals surface area contributed by atoms with Crippen LogP contribution in [0, 0.1) is 5.92 Å². The molecule has 0 unspecified atom stereocenters. The molecule has 2 heterocycles. The number of aromatic nitrogens is 2. The van der Waals surface area contributed by atoms with Crippen molar-refractivity contribution in [1.29, 1.82) is 0 Å². The van der Waals surface area contributed by atoms with E-state index < -0.39 is 6.04 Å². The fourth-order valence-corrected chi connectivity index (χ4v) is 4.95. The van der Waals surface area contributed by atoms with E-state index in [9.17, 15) is 9.59 Å². The van der Waals surface area contributed by atoms with Crippen molar-refractivity contribution in [2.24, 2.45) is 13.0 Å². The van der Waals surface area contributed by atoms with Gasteiger partial charge in [-0.25, -0.2) is 4.98 Å². The maximum Gasteiger partial charge on any atom is 0.254 e. The average Bonchev–Trinajstić information content (AvgIpc) is 3.32. The van der Waals surface area contributed by atoms with Crippen LogP contribution >= 0.6 is 11.6 Å². The van der Waals surface area contributed by atoms with Gasteiger partial charge in [0.1, 0.15) is 11.9 Å². The van der Waals surface area contributed by atoms with Crippen LogP contribution in [0.3, 0.4) is 0 Å². The predicted octanol–water partition coefficient (Wildman–Crippen LogP) is 4.98. The van der Waals surface area contributed by atoms with Gasteiger partial charge in [-0.2, -0.15) is 0 Å². The molecule has 1 aromatic heterocycles. The Labute approximate surface area is 209 Å². The van der Waals surface area contributed by atoms with Crippen LogP contribution in [0.1, 0.15) is 40.6 Å². The molecule has 1 N–H and O–H groups in total. The van der Waals surface area contributed by atoms with E-state index in [-0.39, 0.29) is 17.7 Å². The number of benzene rings is 3. The minimum atomic E-state index is -0.413. The number of carbonyl (C=O) groups is 2. The Hall–Kier alpha value is -3.64. The van der Waals surface area contributed by atoms with E-state index in [1.54, 1.807) is 6.20 Å². The highest BCUT2D eigenvalue weighted by atomic mass is 35.5. The van der Waals surface area contributed by atoms with Crippen molar-refractivity contribution in [1.82, 2.24) is 19.8 Å². The standard InChI is InChI=1S/C28H27ClN4O2/c1-32-17-15-30-26(32)25(20-11-13-22(29)14-12-20)31-27(34)21-8-5-16-33(18-21)28(35)24-10-4-7-19-6-2-3-9-23(19)24/h2-4,6-7,9-15,17,21,25H,5,8,16,18H2,1H3,(H,31,34)/t21-,25-/m0/s1. The molecule has 0 bridgehead atoms. The van der Waals surface area contributed by atoms with E-state index in [4.69, 9.17) is 11.6 Å². The number of imidazole rings is 1. The van der Waals surface area contributed by atoms with E-state index in [0.717, 1.165) is 35.0 Å². The van der Waals surface area contributed by atoms with Crippen LogP contribution in [0.5, 0.6) is 0 Å². The molecule has 0 radical (unpaired) electrons. The van der Waals surface area contributed by atoms with Crippen molar-refractivity contribution in [3.8, 4) is 0 Å². The lowest BCUT2D eigenvalue weighted by atomic mass is 9.94. The van der Waals surface area contributed by atoms with Gasteiger partial charge in [-0.3, -0.25) is 9.59 Å². The Kier molecular flexibility index (Phi) is 6.55. The summed E-state index contributed by atoms with van der Waals surface area (Å²) in [4.78, 5) is 33.2. The predicted molar refractivity (Wildman–Crippen MR) is 137 cm³/mol. The number of likely N-dealkylation sites (tertiary alicyclic amines) is 1. The first kappa shape index (κ1) is 23.1. The van der Waals surface area contributed by atoms with Crippen LogP contribution in [0.25, 0.3) is 10.8 Å². The third kappa shape index (κ3) is 4.80. The number of rotatable bonds is 5. The van der Waals surface area contributed by atoms with Crippen molar-refractivity contribution in [2.45, 2.75) is 18.9 Å². The molecular weight excluding hydrogens is 460 g/mol. The monoisotopic (exact) mass is 486 g/mol. The van der Waals surface area contributed by atoms with E-state index in [2.05, 4.69) is 10.3 Å². The van der Waals surface area contributed by atoms with Gasteiger partial charge >= 0.3 is 0 Å². The molecule has 1 fully saturated rings. The van der Waals surface area contributed by atoms with Gasteiger partial charge in [0.2, 0.25) is 5.91 Å². The third-order valence-electron chi connectivity index (χ3n) is 6.71. The lowest BCUT2D eigenvalue weighted by Gasteiger charge is -2.33. The minimum absolute atomic E-state index is 0.0300. The summed E-state index contributed by atoms with van der Waals surface area (Å²) in [6.45, 7) is 1.04. The van der Waals surface area contributed by atoms with Gasteiger partial charge in [0, 0.05) is 43.1 Å². The highest BCUT2D eigenvalue weighted by molar-refractivity contribution is 6.30. The number of hydrogen-bond donors (Lipinski definition) is 1. The van der Waals surface area contributed by atoms with E-state index in [0.29, 0.717) is 23.7 Å². The quantitative estimate of drug-likeness (QED) is 0.432. The van der Waals surface area contributed by atoms with Crippen LogP contribution in [0.2, 0.25) is 5.02 Å². The minimum Gasteiger partial charge on any atom is -0.342 e. The van der Waals surface area contributed by atoms with Gasteiger partial charge in [-0.05, 0) is 47.4 Å². The Morgan fingerprint density at radius 1 is 1.06 bits per heavy atom. The molecule has 1 saturated heterocycles. The molecule has 3 aromatic carbocycles. The average molecular weight is 487 g/mol. The highest BCUT2D eigenvalue weighted by Crippen LogP contribution is 2.26. The molecule has 0 saturated carbocycles. The van der Waals surface area contributed by atoms with Crippen LogP contribution in [-0.2, 0) is 11.8 Å². The lowest BCUT2D eigenvalue weighted by molar-refractivity contribution is -0.126. The molecule has 1 aliphatic rings. The molecule has 6 nitrogen and oxygen atoms in total. The number of piperidine rings is 1. The zero-order chi connectivity index (χ0) is 24.4. The van der Waals surface area contributed by atoms with Crippen LogP contribution in [0.4, 0.5) is 0 Å². The Morgan fingerprint density at radius 3 is 2.60 bits per heavy atom. The van der Waals surface area contributed by atoms with Crippen LogP contribution in [0.15, 0.2) is 79.1 Å². The van der Waals surface area contributed by atoms with E-state index in [1.807, 2.05) is 89.4 Å². The normalized spacial score (nSPS) is 16.7. The fraction of sp³-hybridized carbons (Fsp3) is 0.250.